The minimum atomic E-state index is 0.0728. The van der Waals surface area contributed by atoms with E-state index < -0.39 is 0 Å². The van der Waals surface area contributed by atoms with Crippen LogP contribution in [0.4, 0.5) is 0 Å². The van der Waals surface area contributed by atoms with Crippen LogP contribution in [-0.4, -0.2) is 35.0 Å². The number of carbonyl (C=O) groups is 1. The lowest BCUT2D eigenvalue weighted by molar-refractivity contribution is -0.127. The number of rotatable bonds is 4. The van der Waals surface area contributed by atoms with Gasteiger partial charge in [0.1, 0.15) is 17.4 Å². The van der Waals surface area contributed by atoms with Crippen molar-refractivity contribution in [1.29, 1.82) is 0 Å². The van der Waals surface area contributed by atoms with E-state index in [0.717, 1.165) is 47.5 Å². The molecule has 1 fully saturated rings. The molecule has 5 heteroatoms. The van der Waals surface area contributed by atoms with Crippen molar-refractivity contribution in [3.8, 4) is 5.75 Å². The Morgan fingerprint density at radius 2 is 2.00 bits per heavy atom. The topological polar surface area (TPSA) is 42.4 Å². The van der Waals surface area contributed by atoms with Crippen LogP contribution in [0.3, 0.4) is 0 Å². The molecule has 2 aromatic heterocycles. The Labute approximate surface area is 156 Å². The predicted octanol–water partition coefficient (Wildman–Crippen LogP) is 4.38. The second-order valence-corrected chi connectivity index (χ2v) is 7.30. The maximum Gasteiger partial charge on any atom is 0.246 e. The number of hydrogen-bond donors (Lipinski definition) is 0. The molecule has 0 radical (unpaired) electrons. The lowest BCUT2D eigenvalue weighted by Gasteiger charge is -2.31. The summed E-state index contributed by atoms with van der Waals surface area (Å²) >= 11 is 1.63. The Kier molecular flexibility index (Phi) is 4.97. The summed E-state index contributed by atoms with van der Waals surface area (Å²) in [4.78, 5) is 19.8. The summed E-state index contributed by atoms with van der Waals surface area (Å²) < 4.78 is 6.20. The summed E-state index contributed by atoms with van der Waals surface area (Å²) in [5.74, 6) is 0.897. The summed E-state index contributed by atoms with van der Waals surface area (Å²) in [6.07, 6.45) is 7.13. The Hall–Kier alpha value is -2.66. The van der Waals surface area contributed by atoms with Gasteiger partial charge in [-0.15, -0.1) is 11.3 Å². The first-order valence-electron chi connectivity index (χ1n) is 8.80. The Morgan fingerprint density at radius 3 is 2.81 bits per heavy atom. The standard InChI is InChI=1S/C21H20N2O2S/c24-20(9-8-18-6-3-15-26-18)23-13-10-17(11-14-23)25-19-7-1-4-16-5-2-12-22-21(16)19/h1-9,12,15,17H,10-11,13-14H2/b9-8+. The van der Waals surface area contributed by atoms with Gasteiger partial charge in [0.15, 0.2) is 0 Å². The molecule has 0 unspecified atom stereocenters. The molecule has 1 amide bonds. The van der Waals surface area contributed by atoms with E-state index in [-0.39, 0.29) is 12.0 Å². The van der Waals surface area contributed by atoms with Crippen LogP contribution >= 0.6 is 11.3 Å². The van der Waals surface area contributed by atoms with E-state index in [2.05, 4.69) is 4.98 Å². The number of hydrogen-bond acceptors (Lipinski definition) is 4. The van der Waals surface area contributed by atoms with Crippen molar-refractivity contribution in [3.63, 3.8) is 0 Å². The molecule has 3 aromatic rings. The molecule has 1 saturated heterocycles. The number of fused-ring (bicyclic) bond motifs is 1. The number of aromatic nitrogens is 1. The number of ether oxygens (including phenoxy) is 1. The Balaban J connectivity index is 1.35. The Morgan fingerprint density at radius 1 is 1.15 bits per heavy atom. The van der Waals surface area contributed by atoms with E-state index in [4.69, 9.17) is 4.74 Å². The van der Waals surface area contributed by atoms with Gasteiger partial charge in [-0.2, -0.15) is 0 Å². The van der Waals surface area contributed by atoms with Gasteiger partial charge in [0, 0.05) is 48.5 Å². The highest BCUT2D eigenvalue weighted by Gasteiger charge is 2.23. The number of likely N-dealkylation sites (tertiary alicyclic amines) is 1. The lowest BCUT2D eigenvalue weighted by atomic mass is 10.1. The second kappa shape index (κ2) is 7.70. The number of carbonyl (C=O) groups excluding carboxylic acids is 1. The minimum Gasteiger partial charge on any atom is -0.488 e. The van der Waals surface area contributed by atoms with Gasteiger partial charge in [0.2, 0.25) is 5.91 Å². The van der Waals surface area contributed by atoms with Gasteiger partial charge in [-0.05, 0) is 29.7 Å². The maximum atomic E-state index is 12.3. The number of amides is 1. The predicted molar refractivity (Wildman–Crippen MR) is 105 cm³/mol. The largest absolute Gasteiger partial charge is 0.488 e. The highest BCUT2D eigenvalue weighted by Crippen LogP contribution is 2.26. The average Bonchev–Trinajstić information content (AvgIpc) is 3.21. The number of benzene rings is 1. The zero-order valence-electron chi connectivity index (χ0n) is 14.4. The van der Waals surface area contributed by atoms with Crippen LogP contribution in [0.25, 0.3) is 17.0 Å². The molecule has 1 aliphatic heterocycles. The Bertz CT molecular complexity index is 907. The summed E-state index contributed by atoms with van der Waals surface area (Å²) in [6.45, 7) is 1.44. The number of thiophene rings is 1. The summed E-state index contributed by atoms with van der Waals surface area (Å²) in [6, 6.07) is 14.0. The van der Waals surface area contributed by atoms with Crippen LogP contribution in [0, 0.1) is 0 Å². The number of pyridine rings is 1. The molecule has 0 bridgehead atoms. The van der Waals surface area contributed by atoms with Crippen molar-refractivity contribution in [2.75, 3.05) is 13.1 Å². The molecule has 0 N–H and O–H groups in total. The molecule has 1 aromatic carbocycles. The van der Waals surface area contributed by atoms with Crippen LogP contribution in [0.15, 0.2) is 60.1 Å². The molecule has 0 aliphatic carbocycles. The van der Waals surface area contributed by atoms with Gasteiger partial charge in [-0.25, -0.2) is 0 Å². The van der Waals surface area contributed by atoms with Crippen molar-refractivity contribution >= 4 is 34.2 Å². The second-order valence-electron chi connectivity index (χ2n) is 6.32. The van der Waals surface area contributed by atoms with Crippen molar-refractivity contribution in [1.82, 2.24) is 9.88 Å². The van der Waals surface area contributed by atoms with Gasteiger partial charge < -0.3 is 9.64 Å². The SMILES string of the molecule is O=C(/C=C/c1cccs1)N1CCC(Oc2cccc3cccnc23)CC1. The van der Waals surface area contributed by atoms with E-state index in [1.54, 1.807) is 23.6 Å². The van der Waals surface area contributed by atoms with Gasteiger partial charge in [0.25, 0.3) is 0 Å². The van der Waals surface area contributed by atoms with E-state index >= 15 is 0 Å². The monoisotopic (exact) mass is 364 g/mol. The molecule has 1 aliphatic rings. The quantitative estimate of drug-likeness (QED) is 0.645. The molecular formula is C21H20N2O2S. The fourth-order valence-corrected chi connectivity index (χ4v) is 3.81. The zero-order valence-corrected chi connectivity index (χ0v) is 15.2. The van der Waals surface area contributed by atoms with Crippen molar-refractivity contribution in [2.45, 2.75) is 18.9 Å². The molecule has 26 heavy (non-hydrogen) atoms. The number of para-hydroxylation sites is 1. The first-order valence-corrected chi connectivity index (χ1v) is 9.68. The normalized spacial score (nSPS) is 15.6. The third kappa shape index (κ3) is 3.78. The van der Waals surface area contributed by atoms with Crippen molar-refractivity contribution in [3.05, 3.63) is 65.0 Å². The first kappa shape index (κ1) is 16.8. The first-order chi connectivity index (χ1) is 12.8. The third-order valence-electron chi connectivity index (χ3n) is 4.58. The van der Waals surface area contributed by atoms with E-state index in [0.29, 0.717) is 0 Å². The zero-order chi connectivity index (χ0) is 17.8. The fraction of sp³-hybridized carbons (Fsp3) is 0.238. The van der Waals surface area contributed by atoms with Crippen LogP contribution in [0.1, 0.15) is 17.7 Å². The summed E-state index contributed by atoms with van der Waals surface area (Å²) in [5, 5.41) is 3.09. The van der Waals surface area contributed by atoms with Crippen molar-refractivity contribution < 1.29 is 9.53 Å². The van der Waals surface area contributed by atoms with Crippen LogP contribution in [0.5, 0.6) is 5.75 Å². The van der Waals surface area contributed by atoms with E-state index in [9.17, 15) is 4.79 Å². The smallest absolute Gasteiger partial charge is 0.246 e. The molecule has 3 heterocycles. The minimum absolute atomic E-state index is 0.0728. The van der Waals surface area contributed by atoms with Gasteiger partial charge >= 0.3 is 0 Å². The van der Waals surface area contributed by atoms with E-state index in [1.807, 2.05) is 58.8 Å². The number of piperidine rings is 1. The molecule has 0 saturated carbocycles. The molecule has 0 spiro atoms. The average molecular weight is 364 g/mol. The highest BCUT2D eigenvalue weighted by atomic mass is 32.1. The fourth-order valence-electron chi connectivity index (χ4n) is 3.19. The molecule has 4 nitrogen and oxygen atoms in total. The summed E-state index contributed by atoms with van der Waals surface area (Å²) in [5.41, 5.74) is 0.896. The third-order valence-corrected chi connectivity index (χ3v) is 5.41. The van der Waals surface area contributed by atoms with Crippen molar-refractivity contribution in [2.24, 2.45) is 0 Å². The van der Waals surface area contributed by atoms with Gasteiger partial charge in [-0.1, -0.05) is 24.3 Å². The lowest BCUT2D eigenvalue weighted by Crippen LogP contribution is -2.41. The number of nitrogens with zero attached hydrogens (tertiary/aromatic N) is 2. The highest BCUT2D eigenvalue weighted by molar-refractivity contribution is 7.10. The molecule has 132 valence electrons. The summed E-state index contributed by atoms with van der Waals surface area (Å²) in [7, 11) is 0. The van der Waals surface area contributed by atoms with Gasteiger partial charge in [-0.3, -0.25) is 9.78 Å². The van der Waals surface area contributed by atoms with E-state index in [1.165, 1.54) is 0 Å². The maximum absolute atomic E-state index is 12.3. The van der Waals surface area contributed by atoms with Crippen LogP contribution in [-0.2, 0) is 4.79 Å². The molecular weight excluding hydrogens is 344 g/mol. The molecule has 0 atom stereocenters. The van der Waals surface area contributed by atoms with Crippen LogP contribution in [0.2, 0.25) is 0 Å². The van der Waals surface area contributed by atoms with Crippen LogP contribution < -0.4 is 4.74 Å². The molecule has 4 rings (SSSR count). The van der Waals surface area contributed by atoms with Gasteiger partial charge in [0.05, 0.1) is 0 Å².